The molecule has 0 fully saturated rings. The maximum Gasteiger partial charge on any atom is 0.275 e. The number of nitrogens with zero attached hydrogens (tertiary/aromatic N) is 3. The van der Waals surface area contributed by atoms with Crippen molar-refractivity contribution < 1.29 is 18.0 Å². The number of amides is 2. The number of sulfonamides is 1. The predicted octanol–water partition coefficient (Wildman–Crippen LogP) is -0.00516. The zero-order chi connectivity index (χ0) is 27.0. The van der Waals surface area contributed by atoms with Crippen molar-refractivity contribution in [2.45, 2.75) is 39.2 Å². The number of imidazole rings is 1. The molecule has 0 atom stereocenters. The first kappa shape index (κ1) is 27.6. The van der Waals surface area contributed by atoms with E-state index in [4.69, 9.17) is 5.73 Å². The maximum atomic E-state index is 13.0. The lowest BCUT2D eigenvalue weighted by Gasteiger charge is -2.14. The smallest absolute Gasteiger partial charge is 0.275 e. The monoisotopic (exact) mass is 529 g/mol. The number of anilines is 1. The molecule has 12 nitrogen and oxygen atoms in total. The Morgan fingerprint density at radius 3 is 2.41 bits per heavy atom. The molecule has 0 unspecified atom stereocenters. The van der Waals surface area contributed by atoms with Crippen LogP contribution in [-0.2, 0) is 45.0 Å². The van der Waals surface area contributed by atoms with Gasteiger partial charge >= 0.3 is 0 Å². The van der Waals surface area contributed by atoms with Crippen LogP contribution in [0.5, 0.6) is 0 Å². The van der Waals surface area contributed by atoms with E-state index in [1.54, 1.807) is 54.8 Å². The molecular weight excluding hydrogens is 498 g/mol. The second kappa shape index (κ2) is 12.3. The number of aromatic nitrogens is 3. The van der Waals surface area contributed by atoms with Crippen LogP contribution >= 0.6 is 0 Å². The largest absolute Gasteiger partial charge is 0.353 e. The van der Waals surface area contributed by atoms with Crippen molar-refractivity contribution in [2.75, 3.05) is 17.8 Å². The highest BCUT2D eigenvalue weighted by molar-refractivity contribution is 7.91. The Balaban J connectivity index is 1.67. The molecule has 37 heavy (non-hydrogen) atoms. The van der Waals surface area contributed by atoms with Gasteiger partial charge in [0.2, 0.25) is 21.8 Å². The Morgan fingerprint density at radius 1 is 1.00 bits per heavy atom. The summed E-state index contributed by atoms with van der Waals surface area (Å²) in [5.74, 6) is -0.989. The first-order valence-corrected chi connectivity index (χ1v) is 13.2. The van der Waals surface area contributed by atoms with Crippen LogP contribution < -0.4 is 26.6 Å². The molecule has 198 valence electrons. The third-order valence-corrected chi connectivity index (χ3v) is 6.79. The van der Waals surface area contributed by atoms with Crippen molar-refractivity contribution in [1.82, 2.24) is 24.8 Å². The van der Waals surface area contributed by atoms with Gasteiger partial charge in [-0.05, 0) is 31.5 Å². The molecule has 2 aromatic heterocycles. The lowest BCUT2D eigenvalue weighted by molar-refractivity contribution is -0.122. The zero-order valence-corrected chi connectivity index (χ0v) is 21.5. The van der Waals surface area contributed by atoms with E-state index in [0.29, 0.717) is 35.7 Å². The Morgan fingerprint density at radius 2 is 1.70 bits per heavy atom. The van der Waals surface area contributed by atoms with Gasteiger partial charge in [0.05, 0.1) is 30.0 Å². The summed E-state index contributed by atoms with van der Waals surface area (Å²) < 4.78 is 30.3. The molecule has 0 spiro atoms. The molecule has 0 aliphatic carbocycles. The number of carbonyl (C=O) groups excluding carboxylic acids is 2. The number of nitrogens with one attached hydrogen (secondary N) is 3. The molecule has 2 amide bonds. The van der Waals surface area contributed by atoms with Gasteiger partial charge in [-0.1, -0.05) is 30.3 Å². The third-order valence-electron chi connectivity index (χ3n) is 5.55. The van der Waals surface area contributed by atoms with Gasteiger partial charge in [0.25, 0.3) is 5.56 Å². The summed E-state index contributed by atoms with van der Waals surface area (Å²) in [4.78, 5) is 41.9. The van der Waals surface area contributed by atoms with Crippen LogP contribution in [0, 0.1) is 13.8 Å². The first-order valence-electron chi connectivity index (χ1n) is 11.6. The highest BCUT2D eigenvalue weighted by Gasteiger charge is 2.17. The fourth-order valence-corrected chi connectivity index (χ4v) is 4.81. The van der Waals surface area contributed by atoms with Crippen LogP contribution in [0.3, 0.4) is 0 Å². The van der Waals surface area contributed by atoms with E-state index in [1.165, 1.54) is 17.0 Å². The van der Waals surface area contributed by atoms with Crippen molar-refractivity contribution in [3.8, 4) is 0 Å². The maximum absolute atomic E-state index is 13.0. The van der Waals surface area contributed by atoms with E-state index in [0.717, 1.165) is 0 Å². The van der Waals surface area contributed by atoms with Crippen LogP contribution in [0.2, 0.25) is 0 Å². The molecule has 0 saturated carbocycles. The Bertz CT molecular complexity index is 1410. The van der Waals surface area contributed by atoms with Gasteiger partial charge in [-0.25, -0.2) is 13.4 Å². The van der Waals surface area contributed by atoms with E-state index in [-0.39, 0.29) is 37.0 Å². The minimum Gasteiger partial charge on any atom is -0.353 e. The highest BCUT2D eigenvalue weighted by atomic mass is 32.2. The minimum atomic E-state index is -3.85. The Hall–Kier alpha value is -3.97. The van der Waals surface area contributed by atoms with Crippen molar-refractivity contribution in [2.24, 2.45) is 5.73 Å². The second-order valence-electron chi connectivity index (χ2n) is 8.45. The van der Waals surface area contributed by atoms with E-state index in [9.17, 15) is 22.8 Å². The average molecular weight is 530 g/mol. The number of carbonyl (C=O) groups is 2. The molecule has 0 aliphatic heterocycles. The van der Waals surface area contributed by atoms with Gasteiger partial charge in [0, 0.05) is 18.8 Å². The van der Waals surface area contributed by atoms with E-state index < -0.39 is 21.5 Å². The summed E-state index contributed by atoms with van der Waals surface area (Å²) in [6.45, 7) is 3.89. The van der Waals surface area contributed by atoms with Crippen LogP contribution in [-0.4, -0.2) is 47.4 Å². The standard InChI is InChI=1S/C24H31N7O5S/c1-17-8-9-20(29-37(35,36)15-19-6-4-3-5-7-19)24(34)31(17)14-23(33)27-12-21-18(2)28-16-30(21)13-22(32)26-11-10-25/h3-9,16,29H,10-15,25H2,1-2H3,(H,26,32)(H,27,33). The van der Waals surface area contributed by atoms with E-state index in [2.05, 4.69) is 20.3 Å². The number of pyridine rings is 1. The minimum absolute atomic E-state index is 0.0236. The SMILES string of the molecule is Cc1ncn(CC(=O)NCCN)c1CNC(=O)Cn1c(C)ccc(NS(=O)(=O)Cc2ccccc2)c1=O. The van der Waals surface area contributed by atoms with Gasteiger partial charge in [-0.2, -0.15) is 0 Å². The fraction of sp³-hybridized carbons (Fsp3) is 0.333. The zero-order valence-electron chi connectivity index (χ0n) is 20.7. The van der Waals surface area contributed by atoms with Crippen LogP contribution in [0.1, 0.15) is 22.6 Å². The third kappa shape index (κ3) is 7.75. The molecule has 0 bridgehead atoms. The van der Waals surface area contributed by atoms with Crippen molar-refractivity contribution >= 4 is 27.5 Å². The summed E-state index contributed by atoms with van der Waals surface area (Å²) in [7, 11) is -3.85. The van der Waals surface area contributed by atoms with Crippen LogP contribution in [0.4, 0.5) is 5.69 Å². The first-order chi connectivity index (χ1) is 17.6. The number of nitrogens with two attached hydrogens (primary N) is 1. The number of benzene rings is 1. The summed E-state index contributed by atoms with van der Waals surface area (Å²) in [5.41, 5.74) is 6.98. The van der Waals surface area contributed by atoms with Crippen molar-refractivity contribution in [3.63, 3.8) is 0 Å². The Labute approximate surface area is 214 Å². The van der Waals surface area contributed by atoms with Gasteiger partial charge in [-0.15, -0.1) is 0 Å². The van der Waals surface area contributed by atoms with Crippen molar-refractivity contribution in [1.29, 1.82) is 0 Å². The summed E-state index contributed by atoms with van der Waals surface area (Å²) >= 11 is 0. The molecule has 1 aromatic carbocycles. The van der Waals surface area contributed by atoms with Gasteiger partial charge in [0.15, 0.2) is 0 Å². The van der Waals surface area contributed by atoms with Crippen molar-refractivity contribution in [3.05, 3.63) is 81.8 Å². The average Bonchev–Trinajstić information content (AvgIpc) is 3.19. The fourth-order valence-electron chi connectivity index (χ4n) is 3.62. The molecule has 5 N–H and O–H groups in total. The summed E-state index contributed by atoms with van der Waals surface area (Å²) in [5, 5.41) is 5.41. The second-order valence-corrected chi connectivity index (χ2v) is 10.2. The van der Waals surface area contributed by atoms with E-state index >= 15 is 0 Å². The van der Waals surface area contributed by atoms with E-state index in [1.807, 2.05) is 0 Å². The van der Waals surface area contributed by atoms with Crippen LogP contribution in [0.25, 0.3) is 0 Å². The Kier molecular flexibility index (Phi) is 9.20. The molecule has 3 aromatic rings. The van der Waals surface area contributed by atoms with Gasteiger partial charge < -0.3 is 25.5 Å². The molecule has 2 heterocycles. The molecule has 13 heteroatoms. The molecular formula is C24H31N7O5S. The normalized spacial score (nSPS) is 11.2. The number of rotatable bonds is 12. The quantitative estimate of drug-likeness (QED) is 0.256. The molecule has 0 saturated heterocycles. The van der Waals surface area contributed by atoms with Crippen LogP contribution in [0.15, 0.2) is 53.6 Å². The number of aryl methyl sites for hydroxylation is 2. The predicted molar refractivity (Wildman–Crippen MR) is 139 cm³/mol. The lowest BCUT2D eigenvalue weighted by atomic mass is 10.2. The topological polar surface area (TPSA) is 170 Å². The lowest BCUT2D eigenvalue weighted by Crippen LogP contribution is -2.35. The molecule has 0 radical (unpaired) electrons. The number of hydrogen-bond acceptors (Lipinski definition) is 7. The summed E-state index contributed by atoms with van der Waals surface area (Å²) in [6.07, 6.45) is 1.51. The van der Waals surface area contributed by atoms with Gasteiger partial charge in [0.1, 0.15) is 18.8 Å². The van der Waals surface area contributed by atoms with Gasteiger partial charge in [-0.3, -0.25) is 19.1 Å². The molecule has 0 aliphatic rings. The highest BCUT2D eigenvalue weighted by Crippen LogP contribution is 2.11. The molecule has 3 rings (SSSR count). The summed E-state index contributed by atoms with van der Waals surface area (Å²) in [6, 6.07) is 11.5. The number of hydrogen-bond donors (Lipinski definition) is 4.